The van der Waals surface area contributed by atoms with E-state index in [9.17, 15) is 22.0 Å². The van der Waals surface area contributed by atoms with Crippen LogP contribution in [0.15, 0.2) is 18.2 Å². The van der Waals surface area contributed by atoms with Crippen molar-refractivity contribution in [2.24, 2.45) is 0 Å². The first-order valence-electron chi connectivity index (χ1n) is 14.0. The highest BCUT2D eigenvalue weighted by Crippen LogP contribution is 2.46. The van der Waals surface area contributed by atoms with E-state index in [1.807, 2.05) is 4.90 Å². The van der Waals surface area contributed by atoms with E-state index in [1.165, 1.54) is 0 Å². The molecule has 228 valence electrons. The van der Waals surface area contributed by atoms with E-state index >= 15 is 4.39 Å². The van der Waals surface area contributed by atoms with Crippen molar-refractivity contribution in [3.63, 3.8) is 0 Å². The fourth-order valence-electron chi connectivity index (χ4n) is 6.70. The molecule has 15 heteroatoms. The Balaban J connectivity index is 1.42. The van der Waals surface area contributed by atoms with Crippen molar-refractivity contribution in [2.75, 3.05) is 56.5 Å². The number of benzene rings is 2. The molecule has 2 aromatic carbocycles. The summed E-state index contributed by atoms with van der Waals surface area (Å²) in [5, 5.41) is 2.97. The van der Waals surface area contributed by atoms with E-state index in [4.69, 9.17) is 10.5 Å². The van der Waals surface area contributed by atoms with Gasteiger partial charge in [-0.2, -0.15) is 23.1 Å². The maximum Gasteiger partial charge on any atom is 0.417 e. The molecule has 7 rings (SSSR count). The van der Waals surface area contributed by atoms with Gasteiger partial charge in [0, 0.05) is 55.7 Å². The second-order valence-corrected chi connectivity index (χ2v) is 12.3. The summed E-state index contributed by atoms with van der Waals surface area (Å²) in [5.41, 5.74) is 2.31. The van der Waals surface area contributed by atoms with Crippen LogP contribution in [0.25, 0.3) is 32.2 Å². The van der Waals surface area contributed by atoms with Crippen LogP contribution >= 0.6 is 11.3 Å². The molecular formula is C28H27F6N7OS. The van der Waals surface area contributed by atoms with Crippen LogP contribution in [0.2, 0.25) is 0 Å². The molecule has 2 aromatic heterocycles. The van der Waals surface area contributed by atoms with Crippen molar-refractivity contribution < 1.29 is 31.1 Å². The minimum Gasteiger partial charge on any atom is -0.461 e. The molecule has 0 aliphatic carbocycles. The van der Waals surface area contributed by atoms with Crippen molar-refractivity contribution in [1.29, 1.82) is 0 Å². The number of halogens is 6. The fraction of sp³-hybridized carbons (Fsp3) is 0.464. The average Bonchev–Trinajstić information content (AvgIpc) is 3.64. The first-order chi connectivity index (χ1) is 20.5. The molecule has 3 aliphatic heterocycles. The third-order valence-electron chi connectivity index (χ3n) is 8.62. The Labute approximate surface area is 245 Å². The zero-order valence-corrected chi connectivity index (χ0v) is 23.6. The Bertz CT molecular complexity index is 1730. The monoisotopic (exact) mass is 623 g/mol. The van der Waals surface area contributed by atoms with E-state index in [0.29, 0.717) is 32.7 Å². The summed E-state index contributed by atoms with van der Waals surface area (Å²) in [6.45, 7) is 3.01. The number of nitrogens with zero attached hydrogens (tertiary/aromatic N) is 5. The molecule has 2 unspecified atom stereocenters. The molecular weight excluding hydrogens is 596 g/mol. The molecule has 0 spiro atoms. The second kappa shape index (κ2) is 10.3. The molecule has 3 N–H and O–H groups in total. The zero-order chi connectivity index (χ0) is 30.1. The van der Waals surface area contributed by atoms with E-state index in [1.54, 1.807) is 4.90 Å². The summed E-state index contributed by atoms with van der Waals surface area (Å²) in [6, 6.07) is 2.65. The number of aromatic nitrogens is 3. The van der Waals surface area contributed by atoms with Gasteiger partial charge in [0.1, 0.15) is 29.9 Å². The summed E-state index contributed by atoms with van der Waals surface area (Å²) in [7, 11) is 0. The van der Waals surface area contributed by atoms with E-state index in [-0.39, 0.29) is 56.7 Å². The summed E-state index contributed by atoms with van der Waals surface area (Å²) >= 11 is 0.759. The number of fused-ring (bicyclic) bond motifs is 3. The Hall–Kier alpha value is -3.43. The summed E-state index contributed by atoms with van der Waals surface area (Å²) in [6.07, 6.45) is -4.09. The van der Waals surface area contributed by atoms with Crippen molar-refractivity contribution in [2.45, 2.75) is 37.1 Å². The standard InChI is InChI=1S/C28H27F6N7OS/c29-14-11-27(4-1-7-41(27)12-14)13-42-26-38-21-16(24(39-26)40-8-5-36-6-9-40)10-17(28(32,33)34)19(20(21)31)15-2-3-18(30)23-22(15)37-25(35)43-23/h2-3,10,14,36H,1,4-9,11-13H2,(H2,35,37). The first-order valence-corrected chi connectivity index (χ1v) is 14.8. The number of rotatable bonds is 5. The van der Waals surface area contributed by atoms with E-state index in [2.05, 4.69) is 20.3 Å². The van der Waals surface area contributed by atoms with Gasteiger partial charge in [0.15, 0.2) is 10.9 Å². The van der Waals surface area contributed by atoms with Gasteiger partial charge >= 0.3 is 12.2 Å². The average molecular weight is 624 g/mol. The van der Waals surface area contributed by atoms with Gasteiger partial charge in [-0.15, -0.1) is 0 Å². The Morgan fingerprint density at radius 1 is 1.09 bits per heavy atom. The van der Waals surface area contributed by atoms with Crippen molar-refractivity contribution >= 4 is 43.4 Å². The number of anilines is 2. The molecule has 3 aliphatic rings. The number of piperazine rings is 1. The Kier molecular flexibility index (Phi) is 6.81. The van der Waals surface area contributed by atoms with Crippen LogP contribution in [-0.2, 0) is 6.18 Å². The third kappa shape index (κ3) is 4.81. The number of hydrogen-bond donors (Lipinski definition) is 2. The maximum atomic E-state index is 16.6. The molecule has 0 radical (unpaired) electrons. The zero-order valence-electron chi connectivity index (χ0n) is 22.8. The largest absolute Gasteiger partial charge is 0.461 e. The third-order valence-corrected chi connectivity index (χ3v) is 9.52. The van der Waals surface area contributed by atoms with Gasteiger partial charge in [-0.25, -0.2) is 18.2 Å². The number of alkyl halides is 4. The van der Waals surface area contributed by atoms with Crippen LogP contribution in [-0.4, -0.2) is 77.4 Å². The highest BCUT2D eigenvalue weighted by molar-refractivity contribution is 7.22. The van der Waals surface area contributed by atoms with E-state index in [0.717, 1.165) is 48.9 Å². The Morgan fingerprint density at radius 3 is 2.65 bits per heavy atom. The van der Waals surface area contributed by atoms with Crippen molar-refractivity contribution in [1.82, 2.24) is 25.2 Å². The van der Waals surface area contributed by atoms with Gasteiger partial charge < -0.3 is 20.7 Å². The topological polar surface area (TPSA) is 92.4 Å². The van der Waals surface area contributed by atoms with Crippen LogP contribution in [0, 0.1) is 11.6 Å². The number of hydrogen-bond acceptors (Lipinski definition) is 9. The lowest BCUT2D eigenvalue weighted by Gasteiger charge is -2.32. The van der Waals surface area contributed by atoms with Crippen LogP contribution in [0.3, 0.4) is 0 Å². The lowest BCUT2D eigenvalue weighted by atomic mass is 9.95. The van der Waals surface area contributed by atoms with Gasteiger partial charge in [0.2, 0.25) is 0 Å². The highest BCUT2D eigenvalue weighted by Gasteiger charge is 2.49. The van der Waals surface area contributed by atoms with Crippen molar-refractivity contribution in [3.05, 3.63) is 35.4 Å². The maximum absolute atomic E-state index is 16.6. The second-order valence-electron chi connectivity index (χ2n) is 11.3. The van der Waals surface area contributed by atoms with Crippen LogP contribution in [0.5, 0.6) is 6.01 Å². The molecule has 5 heterocycles. The smallest absolute Gasteiger partial charge is 0.417 e. The number of thiazole rings is 1. The summed E-state index contributed by atoms with van der Waals surface area (Å²) in [4.78, 5) is 16.6. The number of ether oxygens (including phenoxy) is 1. The predicted molar refractivity (Wildman–Crippen MR) is 151 cm³/mol. The molecule has 2 atom stereocenters. The Morgan fingerprint density at radius 2 is 1.88 bits per heavy atom. The molecule has 0 bridgehead atoms. The molecule has 0 amide bonds. The summed E-state index contributed by atoms with van der Waals surface area (Å²) in [5.74, 6) is -1.89. The van der Waals surface area contributed by atoms with Gasteiger partial charge in [-0.1, -0.05) is 11.3 Å². The summed E-state index contributed by atoms with van der Waals surface area (Å²) < 4.78 is 95.3. The minimum atomic E-state index is -4.99. The highest BCUT2D eigenvalue weighted by atomic mass is 32.1. The number of nitrogen functional groups attached to an aromatic ring is 1. The molecule has 4 aromatic rings. The van der Waals surface area contributed by atoms with Gasteiger partial charge in [-0.05, 0) is 37.6 Å². The molecule has 8 nitrogen and oxygen atoms in total. The first kappa shape index (κ1) is 28.3. The SMILES string of the molecule is Nc1nc2c(-c3c(C(F)(F)F)cc4c(N5CCNCC5)nc(OCC56CCCN5CC(F)C6)nc4c3F)ccc(F)c2s1. The van der Waals surface area contributed by atoms with Crippen LogP contribution < -0.4 is 20.7 Å². The molecule has 3 saturated heterocycles. The molecule has 43 heavy (non-hydrogen) atoms. The quantitative estimate of drug-likeness (QED) is 0.295. The van der Waals surface area contributed by atoms with Crippen LogP contribution in [0.1, 0.15) is 24.8 Å². The molecule has 3 fully saturated rings. The van der Waals surface area contributed by atoms with Crippen molar-refractivity contribution in [3.8, 4) is 17.1 Å². The van der Waals surface area contributed by atoms with Gasteiger partial charge in [0.05, 0.1) is 21.3 Å². The lowest BCUT2D eigenvalue weighted by molar-refractivity contribution is -0.137. The van der Waals surface area contributed by atoms with Gasteiger partial charge in [0.25, 0.3) is 0 Å². The number of nitrogens with one attached hydrogen (secondary N) is 1. The predicted octanol–water partition coefficient (Wildman–Crippen LogP) is 5.15. The van der Waals surface area contributed by atoms with Gasteiger partial charge in [-0.3, -0.25) is 4.90 Å². The minimum absolute atomic E-state index is 0.0612. The normalized spacial score (nSPS) is 23.0. The van der Waals surface area contributed by atoms with Crippen LogP contribution in [0.4, 0.5) is 37.3 Å². The fourth-order valence-corrected chi connectivity index (χ4v) is 7.47. The molecule has 0 saturated carbocycles. The number of nitrogens with two attached hydrogens (primary N) is 1. The van der Waals surface area contributed by atoms with E-state index < -0.39 is 40.6 Å². The lowest BCUT2D eigenvalue weighted by Crippen LogP contribution is -2.44.